The number of hydrogen-bond donors (Lipinski definition) is 1. The molecule has 2 rings (SSSR count). The summed E-state index contributed by atoms with van der Waals surface area (Å²) in [6.07, 6.45) is 0. The van der Waals surface area contributed by atoms with Crippen molar-refractivity contribution in [3.05, 3.63) is 22.4 Å². The molecule has 0 atom stereocenters. The van der Waals surface area contributed by atoms with E-state index in [1.807, 2.05) is 22.7 Å². The Balaban J connectivity index is 2.08. The van der Waals surface area contributed by atoms with E-state index in [2.05, 4.69) is 29.5 Å². The molecule has 0 bridgehead atoms. The summed E-state index contributed by atoms with van der Waals surface area (Å²) >= 11 is 3.70. The average Bonchev–Trinajstić information content (AvgIpc) is 2.63. The van der Waals surface area contributed by atoms with E-state index in [1.165, 1.54) is 14.3 Å². The van der Waals surface area contributed by atoms with Gasteiger partial charge in [-0.2, -0.15) is 0 Å². The fraction of sp³-hybridized carbons (Fsp3) is 0.400. The molecule has 0 aliphatic heterocycles. The molecule has 2 aromatic heterocycles. The Labute approximate surface area is 92.0 Å². The number of rotatable bonds is 4. The van der Waals surface area contributed by atoms with Crippen LogP contribution in [0.2, 0.25) is 0 Å². The standard InChI is InChI=1S/C10H14N2S2/c1-12(4-3-11)7-8-6-10-9(14-8)2-5-13-10/h2,5-6H,3-4,7,11H2,1H3. The van der Waals surface area contributed by atoms with Crippen molar-refractivity contribution in [2.75, 3.05) is 20.1 Å². The molecule has 2 heterocycles. The van der Waals surface area contributed by atoms with Gasteiger partial charge in [-0.1, -0.05) is 0 Å². The number of hydrogen-bond acceptors (Lipinski definition) is 4. The molecule has 0 spiro atoms. The van der Waals surface area contributed by atoms with Crippen LogP contribution in [-0.4, -0.2) is 25.0 Å². The lowest BCUT2D eigenvalue weighted by molar-refractivity contribution is 0.339. The highest BCUT2D eigenvalue weighted by Crippen LogP contribution is 2.30. The van der Waals surface area contributed by atoms with E-state index in [-0.39, 0.29) is 0 Å². The smallest absolute Gasteiger partial charge is 0.0453 e. The number of nitrogens with two attached hydrogens (primary N) is 1. The van der Waals surface area contributed by atoms with Crippen LogP contribution >= 0.6 is 22.7 Å². The van der Waals surface area contributed by atoms with Crippen molar-refractivity contribution < 1.29 is 0 Å². The molecule has 76 valence electrons. The zero-order valence-corrected chi connectivity index (χ0v) is 9.83. The number of nitrogens with zero attached hydrogens (tertiary/aromatic N) is 1. The SMILES string of the molecule is CN(CCN)Cc1cc2sccc2s1. The molecule has 4 heteroatoms. The van der Waals surface area contributed by atoms with Crippen LogP contribution in [0.4, 0.5) is 0 Å². The zero-order valence-electron chi connectivity index (χ0n) is 8.19. The van der Waals surface area contributed by atoms with Crippen molar-refractivity contribution in [3.8, 4) is 0 Å². The van der Waals surface area contributed by atoms with Crippen molar-refractivity contribution in [1.29, 1.82) is 0 Å². The molecular formula is C10H14N2S2. The van der Waals surface area contributed by atoms with Crippen LogP contribution in [0, 0.1) is 0 Å². The van der Waals surface area contributed by atoms with Crippen molar-refractivity contribution in [1.82, 2.24) is 4.90 Å². The Morgan fingerprint density at radius 1 is 1.43 bits per heavy atom. The van der Waals surface area contributed by atoms with Crippen LogP contribution in [0.1, 0.15) is 4.88 Å². The molecule has 0 saturated carbocycles. The highest BCUT2D eigenvalue weighted by molar-refractivity contribution is 7.26. The van der Waals surface area contributed by atoms with Gasteiger partial charge in [0.1, 0.15) is 0 Å². The van der Waals surface area contributed by atoms with Crippen molar-refractivity contribution in [2.24, 2.45) is 5.73 Å². The molecule has 0 amide bonds. The summed E-state index contributed by atoms with van der Waals surface area (Å²) in [4.78, 5) is 3.69. The summed E-state index contributed by atoms with van der Waals surface area (Å²) in [5.74, 6) is 0. The first-order chi connectivity index (χ1) is 6.79. The van der Waals surface area contributed by atoms with Crippen molar-refractivity contribution >= 4 is 32.1 Å². The quantitative estimate of drug-likeness (QED) is 0.867. The largest absolute Gasteiger partial charge is 0.329 e. The van der Waals surface area contributed by atoms with Crippen molar-refractivity contribution in [2.45, 2.75) is 6.54 Å². The van der Waals surface area contributed by atoms with Gasteiger partial charge >= 0.3 is 0 Å². The third-order valence-corrected chi connectivity index (χ3v) is 4.21. The molecule has 0 unspecified atom stereocenters. The minimum Gasteiger partial charge on any atom is -0.329 e. The van der Waals surface area contributed by atoms with E-state index in [0.29, 0.717) is 0 Å². The first-order valence-electron chi connectivity index (χ1n) is 4.64. The second kappa shape index (κ2) is 4.40. The molecule has 0 saturated heterocycles. The maximum absolute atomic E-state index is 5.50. The predicted octanol–water partition coefficient (Wildman–Crippen LogP) is 2.35. The maximum Gasteiger partial charge on any atom is 0.0453 e. The van der Waals surface area contributed by atoms with Crippen molar-refractivity contribution in [3.63, 3.8) is 0 Å². The Hall–Kier alpha value is -0.420. The van der Waals surface area contributed by atoms with Gasteiger partial charge in [0.05, 0.1) is 0 Å². The second-order valence-corrected chi connectivity index (χ2v) is 5.50. The summed E-state index contributed by atoms with van der Waals surface area (Å²) in [7, 11) is 2.11. The fourth-order valence-electron chi connectivity index (χ4n) is 1.46. The lowest BCUT2D eigenvalue weighted by atomic mass is 10.4. The minimum absolute atomic E-state index is 0.732. The van der Waals surface area contributed by atoms with Crippen LogP contribution in [0.25, 0.3) is 9.40 Å². The van der Waals surface area contributed by atoms with E-state index >= 15 is 0 Å². The first-order valence-corrected chi connectivity index (χ1v) is 6.34. The van der Waals surface area contributed by atoms with E-state index < -0.39 is 0 Å². The molecule has 0 aliphatic carbocycles. The Morgan fingerprint density at radius 3 is 3.00 bits per heavy atom. The van der Waals surface area contributed by atoms with E-state index in [1.54, 1.807) is 0 Å². The molecule has 0 aromatic carbocycles. The molecule has 2 nitrogen and oxygen atoms in total. The molecular weight excluding hydrogens is 212 g/mol. The number of thiophene rings is 2. The van der Waals surface area contributed by atoms with Gasteiger partial charge in [0.2, 0.25) is 0 Å². The number of likely N-dealkylation sites (N-methyl/N-ethyl adjacent to an activating group) is 1. The molecule has 14 heavy (non-hydrogen) atoms. The van der Waals surface area contributed by atoms with Gasteiger partial charge in [-0.25, -0.2) is 0 Å². The van der Waals surface area contributed by atoms with Gasteiger partial charge in [0.15, 0.2) is 0 Å². The topological polar surface area (TPSA) is 29.3 Å². The Morgan fingerprint density at radius 2 is 2.29 bits per heavy atom. The van der Waals surface area contributed by atoms with Crippen LogP contribution in [0.15, 0.2) is 17.5 Å². The number of fused-ring (bicyclic) bond motifs is 1. The monoisotopic (exact) mass is 226 g/mol. The van der Waals surface area contributed by atoms with Gasteiger partial charge in [0, 0.05) is 33.9 Å². The van der Waals surface area contributed by atoms with Gasteiger partial charge in [-0.3, -0.25) is 0 Å². The normalized spacial score (nSPS) is 11.6. The van der Waals surface area contributed by atoms with Gasteiger partial charge in [-0.15, -0.1) is 22.7 Å². The van der Waals surface area contributed by atoms with Crippen LogP contribution in [-0.2, 0) is 6.54 Å². The average molecular weight is 226 g/mol. The van der Waals surface area contributed by atoms with Crippen LogP contribution < -0.4 is 5.73 Å². The summed E-state index contributed by atoms with van der Waals surface area (Å²) < 4.78 is 2.82. The Bertz CT molecular complexity index is 376. The molecule has 0 radical (unpaired) electrons. The molecule has 2 aromatic rings. The van der Waals surface area contributed by atoms with E-state index in [9.17, 15) is 0 Å². The molecule has 0 aliphatic rings. The van der Waals surface area contributed by atoms with Gasteiger partial charge in [0.25, 0.3) is 0 Å². The molecule has 0 fully saturated rings. The third kappa shape index (κ3) is 2.15. The first kappa shape index (κ1) is 10.1. The summed E-state index contributed by atoms with van der Waals surface area (Å²) in [6, 6.07) is 4.48. The lowest BCUT2D eigenvalue weighted by Gasteiger charge is -2.13. The predicted molar refractivity (Wildman–Crippen MR) is 65.1 cm³/mol. The Kier molecular flexibility index (Phi) is 3.18. The minimum atomic E-state index is 0.732. The molecule has 2 N–H and O–H groups in total. The lowest BCUT2D eigenvalue weighted by Crippen LogP contribution is -2.24. The summed E-state index contributed by atoms with van der Waals surface area (Å²) in [5, 5.41) is 2.15. The highest BCUT2D eigenvalue weighted by atomic mass is 32.1. The third-order valence-electron chi connectivity index (χ3n) is 2.13. The fourth-order valence-corrected chi connectivity index (χ4v) is 3.67. The maximum atomic E-state index is 5.50. The highest BCUT2D eigenvalue weighted by Gasteiger charge is 2.04. The van der Waals surface area contributed by atoms with Gasteiger partial charge < -0.3 is 10.6 Å². The van der Waals surface area contributed by atoms with E-state index in [0.717, 1.165) is 19.6 Å². The van der Waals surface area contributed by atoms with Crippen LogP contribution in [0.3, 0.4) is 0 Å². The summed E-state index contributed by atoms with van der Waals surface area (Å²) in [5.41, 5.74) is 5.50. The zero-order chi connectivity index (χ0) is 9.97. The van der Waals surface area contributed by atoms with Crippen LogP contribution in [0.5, 0.6) is 0 Å². The van der Waals surface area contributed by atoms with Gasteiger partial charge in [-0.05, 0) is 24.6 Å². The summed E-state index contributed by atoms with van der Waals surface area (Å²) in [6.45, 7) is 2.71. The second-order valence-electron chi connectivity index (χ2n) is 3.39. The van der Waals surface area contributed by atoms with E-state index in [4.69, 9.17) is 5.73 Å².